The molecule has 1 aromatic carbocycles. The van der Waals surface area contributed by atoms with E-state index in [9.17, 15) is 0 Å². The molecule has 14 heavy (non-hydrogen) atoms. The number of ether oxygens (including phenoxy) is 2. The van der Waals surface area contributed by atoms with Gasteiger partial charge in [0, 0.05) is 4.11 Å². The lowest BCUT2D eigenvalue weighted by atomic mass is 10.1. The molecule has 1 rings (SSSR count). The fourth-order valence-corrected chi connectivity index (χ4v) is 1.31. The van der Waals surface area contributed by atoms with Gasteiger partial charge in [0.2, 0.25) is 0 Å². The maximum absolute atomic E-state index is 7.43. The number of rotatable bonds is 4. The van der Waals surface area contributed by atoms with E-state index in [-0.39, 0.29) is 5.56 Å². The highest BCUT2D eigenvalue weighted by Crippen LogP contribution is 2.28. The van der Waals surface area contributed by atoms with Gasteiger partial charge in [-0.3, -0.25) is 0 Å². The zero-order chi connectivity index (χ0) is 13.1. The zero-order valence-electron chi connectivity index (χ0n) is 11.5. The van der Waals surface area contributed by atoms with Crippen LogP contribution in [0.5, 0.6) is 11.5 Å². The van der Waals surface area contributed by atoms with Crippen molar-refractivity contribution in [3.8, 4) is 11.5 Å². The quantitative estimate of drug-likeness (QED) is 0.797. The number of aryl methyl sites for hydroxylation is 1. The molecular weight excluding hydrogens is 178 g/mol. The van der Waals surface area contributed by atoms with Gasteiger partial charge in [0.05, 0.1) is 14.2 Å². The highest BCUT2D eigenvalue weighted by Gasteiger charge is 2.07. The summed E-state index contributed by atoms with van der Waals surface area (Å²) in [5.74, 6) is 0.872. The van der Waals surface area contributed by atoms with Crippen LogP contribution in [0, 0.1) is 6.85 Å². The Morgan fingerprint density at radius 3 is 2.50 bits per heavy atom. The maximum atomic E-state index is 7.43. The van der Waals surface area contributed by atoms with E-state index in [0.717, 1.165) is 5.56 Å². The molecule has 0 aromatic heterocycles. The van der Waals surface area contributed by atoms with Crippen molar-refractivity contribution in [2.45, 2.75) is 13.3 Å². The second-order valence-electron chi connectivity index (χ2n) is 2.90. The lowest BCUT2D eigenvalue weighted by Crippen LogP contribution is -2.05. The first-order valence-corrected chi connectivity index (χ1v) is 4.39. The molecule has 3 heteroatoms. The van der Waals surface area contributed by atoms with E-state index in [2.05, 4.69) is 0 Å². The molecule has 0 unspecified atom stereocenters. The van der Waals surface area contributed by atoms with Gasteiger partial charge >= 0.3 is 0 Å². The Hall–Kier alpha value is -1.22. The minimum absolute atomic E-state index is 0.151. The summed E-state index contributed by atoms with van der Waals surface area (Å²) in [6, 6.07) is 3.17. The van der Waals surface area contributed by atoms with Crippen LogP contribution in [0.4, 0.5) is 0 Å². The molecule has 0 fully saturated rings. The molecule has 0 bridgehead atoms. The van der Waals surface area contributed by atoms with Gasteiger partial charge in [0.1, 0.15) is 11.5 Å². The third kappa shape index (κ3) is 2.17. The molecule has 0 aliphatic heterocycles. The SMILES string of the molecule is [2H]C([2H])([2H])c1cc(OC)c(CCN)cc1OC. The summed E-state index contributed by atoms with van der Waals surface area (Å²) in [7, 11) is 2.95. The van der Waals surface area contributed by atoms with Crippen molar-refractivity contribution in [1.82, 2.24) is 0 Å². The summed E-state index contributed by atoms with van der Waals surface area (Å²) >= 11 is 0. The highest BCUT2D eigenvalue weighted by molar-refractivity contribution is 5.46. The molecule has 3 nitrogen and oxygen atoms in total. The molecule has 0 atom stereocenters. The monoisotopic (exact) mass is 198 g/mol. The molecule has 2 N–H and O–H groups in total. The summed E-state index contributed by atoms with van der Waals surface area (Å²) < 4.78 is 32.6. The van der Waals surface area contributed by atoms with Gasteiger partial charge in [-0.05, 0) is 43.1 Å². The minimum atomic E-state index is -2.22. The van der Waals surface area contributed by atoms with Gasteiger partial charge in [-0.25, -0.2) is 0 Å². The number of benzene rings is 1. The molecule has 0 saturated heterocycles. The van der Waals surface area contributed by atoms with Crippen LogP contribution in [0.2, 0.25) is 0 Å². The van der Waals surface area contributed by atoms with Crippen LogP contribution in [0.3, 0.4) is 0 Å². The van der Waals surface area contributed by atoms with E-state index in [0.29, 0.717) is 24.5 Å². The molecule has 0 amide bonds. The first-order valence-electron chi connectivity index (χ1n) is 5.89. The van der Waals surface area contributed by atoms with Crippen LogP contribution in [-0.2, 0) is 6.42 Å². The third-order valence-corrected chi connectivity index (χ3v) is 2.02. The second kappa shape index (κ2) is 4.86. The minimum Gasteiger partial charge on any atom is -0.496 e. The van der Waals surface area contributed by atoms with E-state index in [1.165, 1.54) is 20.3 Å². The van der Waals surface area contributed by atoms with E-state index in [1.54, 1.807) is 6.07 Å². The van der Waals surface area contributed by atoms with Gasteiger partial charge in [-0.2, -0.15) is 0 Å². The van der Waals surface area contributed by atoms with Gasteiger partial charge in [-0.1, -0.05) is 0 Å². The summed E-state index contributed by atoms with van der Waals surface area (Å²) in [5, 5.41) is 0. The van der Waals surface area contributed by atoms with Crippen molar-refractivity contribution in [3.63, 3.8) is 0 Å². The first kappa shape index (κ1) is 7.12. The summed E-state index contributed by atoms with van der Waals surface area (Å²) in [4.78, 5) is 0. The molecule has 0 spiro atoms. The number of methoxy groups -OCH3 is 2. The lowest BCUT2D eigenvalue weighted by molar-refractivity contribution is 0.396. The Labute approximate surface area is 89.0 Å². The van der Waals surface area contributed by atoms with E-state index in [4.69, 9.17) is 19.3 Å². The standard InChI is InChI=1S/C11H17NO2/c1-8-6-11(14-3)9(4-5-12)7-10(8)13-2/h6-7H,4-5,12H2,1-3H3/i1D3. The fraction of sp³-hybridized carbons (Fsp3) is 0.455. The molecule has 0 heterocycles. The molecule has 0 radical (unpaired) electrons. The predicted octanol–water partition coefficient (Wildman–Crippen LogP) is 1.51. The molecule has 0 aliphatic carbocycles. The van der Waals surface area contributed by atoms with Gasteiger partial charge in [0.15, 0.2) is 0 Å². The van der Waals surface area contributed by atoms with E-state index in [1.807, 2.05) is 0 Å². The summed E-state index contributed by atoms with van der Waals surface area (Å²) in [6.45, 7) is -1.76. The van der Waals surface area contributed by atoms with Crippen molar-refractivity contribution < 1.29 is 13.6 Å². The van der Waals surface area contributed by atoms with Crippen molar-refractivity contribution in [2.75, 3.05) is 20.8 Å². The summed E-state index contributed by atoms with van der Waals surface area (Å²) in [6.07, 6.45) is 0.612. The third-order valence-electron chi connectivity index (χ3n) is 2.02. The Morgan fingerprint density at radius 2 is 2.00 bits per heavy atom. The topological polar surface area (TPSA) is 44.5 Å². The van der Waals surface area contributed by atoms with Gasteiger partial charge in [-0.15, -0.1) is 0 Å². The number of hydrogen-bond donors (Lipinski definition) is 1. The average molecular weight is 198 g/mol. The molecular formula is C11H17NO2. The number of hydrogen-bond acceptors (Lipinski definition) is 3. The van der Waals surface area contributed by atoms with Crippen molar-refractivity contribution >= 4 is 0 Å². The maximum Gasteiger partial charge on any atom is 0.122 e. The van der Waals surface area contributed by atoms with Crippen LogP contribution in [0.25, 0.3) is 0 Å². The first-order chi connectivity index (χ1) is 7.93. The normalized spacial score (nSPS) is 14.1. The average Bonchev–Trinajstić information content (AvgIpc) is 2.27. The Morgan fingerprint density at radius 1 is 1.29 bits per heavy atom. The van der Waals surface area contributed by atoms with Crippen LogP contribution in [-0.4, -0.2) is 20.8 Å². The molecule has 78 valence electrons. The van der Waals surface area contributed by atoms with Gasteiger partial charge in [0.25, 0.3) is 0 Å². The smallest absolute Gasteiger partial charge is 0.122 e. The second-order valence-corrected chi connectivity index (χ2v) is 2.90. The predicted molar refractivity (Wildman–Crippen MR) is 57.0 cm³/mol. The van der Waals surface area contributed by atoms with E-state index >= 15 is 0 Å². The van der Waals surface area contributed by atoms with Crippen LogP contribution in [0.1, 0.15) is 15.2 Å². The van der Waals surface area contributed by atoms with Crippen molar-refractivity contribution in [1.29, 1.82) is 0 Å². The highest BCUT2D eigenvalue weighted by atomic mass is 16.5. The van der Waals surface area contributed by atoms with Crippen molar-refractivity contribution in [3.05, 3.63) is 23.3 Å². The Bertz CT molecular complexity index is 391. The van der Waals surface area contributed by atoms with Crippen LogP contribution >= 0.6 is 0 Å². The summed E-state index contributed by atoms with van der Waals surface area (Å²) in [5.41, 5.74) is 6.49. The van der Waals surface area contributed by atoms with Crippen LogP contribution < -0.4 is 15.2 Å². The molecule has 0 aliphatic rings. The van der Waals surface area contributed by atoms with E-state index < -0.39 is 6.85 Å². The number of nitrogens with two attached hydrogens (primary N) is 1. The largest absolute Gasteiger partial charge is 0.496 e. The molecule has 0 saturated carbocycles. The Balaban J connectivity index is 3.33. The molecule has 1 aromatic rings. The fourth-order valence-electron chi connectivity index (χ4n) is 1.31. The van der Waals surface area contributed by atoms with Gasteiger partial charge < -0.3 is 15.2 Å². The Kier molecular flexibility index (Phi) is 2.47. The van der Waals surface area contributed by atoms with Crippen molar-refractivity contribution in [2.24, 2.45) is 5.73 Å². The van der Waals surface area contributed by atoms with Crippen LogP contribution in [0.15, 0.2) is 12.1 Å². The zero-order valence-corrected chi connectivity index (χ0v) is 8.46. The lowest BCUT2D eigenvalue weighted by Gasteiger charge is -2.12.